The molecule has 1 aliphatic heterocycles. The first-order valence-electron chi connectivity index (χ1n) is 34.6. The monoisotopic (exact) mass is 1650 g/mol. The van der Waals surface area contributed by atoms with E-state index in [0.717, 1.165) is 70.9 Å². The normalized spacial score (nSPS) is 11.5. The van der Waals surface area contributed by atoms with Crippen molar-refractivity contribution in [1.29, 1.82) is 0 Å². The molecule has 0 aliphatic carbocycles. The summed E-state index contributed by atoms with van der Waals surface area (Å²) in [5.41, 5.74) is 13.8. The fourth-order valence-corrected chi connectivity index (χ4v) is 9.21. The van der Waals surface area contributed by atoms with Gasteiger partial charge in [-0.1, -0.05) is 167 Å². The molecule has 1 saturated heterocycles. The molecule has 0 bridgehead atoms. The van der Waals surface area contributed by atoms with E-state index in [1.165, 1.54) is 104 Å². The van der Waals surface area contributed by atoms with Gasteiger partial charge in [0.1, 0.15) is 31.3 Å². The van der Waals surface area contributed by atoms with Crippen molar-refractivity contribution in [2.45, 2.75) is 151 Å². The molecule has 118 heavy (non-hydrogen) atoms. The van der Waals surface area contributed by atoms with Gasteiger partial charge in [-0.05, 0) is 231 Å². The van der Waals surface area contributed by atoms with Gasteiger partial charge in [-0.3, -0.25) is 0 Å². The van der Waals surface area contributed by atoms with Gasteiger partial charge >= 0.3 is 71.3 Å². The molecule has 3 unspecified atom stereocenters. The number of ether oxygens (including phenoxy) is 8. The van der Waals surface area contributed by atoms with Gasteiger partial charge < -0.3 is 79.1 Å². The smallest absolute Gasteiger partial charge is 0.870 e. The van der Waals surface area contributed by atoms with Crippen LogP contribution >= 0.6 is 0 Å². The second kappa shape index (κ2) is 66.6. The molecule has 0 saturated carbocycles. The number of phenols is 3. The van der Waals surface area contributed by atoms with Crippen LogP contribution in [0.5, 0.6) is 34.5 Å². The van der Waals surface area contributed by atoms with Crippen LogP contribution in [-0.2, 0) is 70.1 Å². The molecule has 642 valence electrons. The Hall–Kier alpha value is -11.6. The minimum absolute atomic E-state index is 0. The van der Waals surface area contributed by atoms with Crippen LogP contribution in [0.2, 0.25) is 0 Å². The number of carboxylic acid groups (broad SMARTS) is 3. The van der Waals surface area contributed by atoms with E-state index >= 15 is 0 Å². The number of methoxy groups -OCH3 is 2. The van der Waals surface area contributed by atoms with Crippen LogP contribution in [0.1, 0.15) is 148 Å². The zero-order chi connectivity index (χ0) is 82.3. The maximum atomic E-state index is 12.5. The molecular formula is C94H127NaO23. The van der Waals surface area contributed by atoms with Crippen LogP contribution in [0, 0.1) is 55.4 Å². The number of aromatic hydroxyl groups is 3. The number of aliphatic hydroxyl groups excluding tert-OH is 1. The standard InChI is InChI=1S/C27H30O6.C20H20O7.C14H16O2.C11H12O2.C10H10O3.C5H10O.CH4O.6CH4.Na.H2O/c1-6-14-31-23-12-10-21(17-24(23)30-5)11-13-26(28)33-25(27(29)32-15-7-2)18-22-9-8-19(3)20(4)16-22;1-12-3-4-14(9-16(12)22)11-18(20(24)25)27-19(23)8-6-13-5-7-15(21)17(10-13)26-2;1-4-9-16-14(15)8-7-13-6-5-11(2)12(3)10-13;1-8-3-4-10(7-9(8)2)5-6-11(12)13;1-7-6-8(2-4-9(7)11)3-5-10(12)13;1-5-3-2-4-6-5;1-2;;;;;;;;/h6-13,16-17,25H,1-2,14-15,18H2,3-5H3;3-10,18,21-22H,11H2,1-2H3,(H,24,25);4-8,10H,1,9H2,2-3H3;3-7H,1-2H3,(H,12,13);2-6,11H,1H3,(H,12,13);5H,2-4H2,1H3;2H,1H3;6*1H4;;1H2/q;;;;;;;;;;;;;+1;/p-1/b13-11+;8-6+;8-7+;6-5+;5-3+;;;;;;;;;;. The molecule has 7 aromatic rings. The van der Waals surface area contributed by atoms with Gasteiger partial charge in [-0.2, -0.15) is 0 Å². The van der Waals surface area contributed by atoms with Gasteiger partial charge in [-0.15, -0.1) is 0 Å². The third-order valence-electron chi connectivity index (χ3n) is 15.7. The van der Waals surface area contributed by atoms with E-state index in [1.54, 1.807) is 92.8 Å². The molecule has 0 spiro atoms. The quantitative estimate of drug-likeness (QED) is 0.00826. The van der Waals surface area contributed by atoms with Gasteiger partial charge in [0.25, 0.3) is 0 Å². The molecule has 8 N–H and O–H groups in total. The Morgan fingerprint density at radius 1 is 0.432 bits per heavy atom. The Labute approximate surface area is 722 Å². The largest absolute Gasteiger partial charge is 1.00 e. The van der Waals surface area contributed by atoms with Crippen molar-refractivity contribution in [3.8, 4) is 34.5 Å². The number of carbonyl (C=O) groups excluding carboxylic acids is 4. The number of hydrogen-bond acceptors (Lipinski definition) is 20. The van der Waals surface area contributed by atoms with Crippen LogP contribution in [0.15, 0.2) is 196 Å². The van der Waals surface area contributed by atoms with Crippen LogP contribution in [0.4, 0.5) is 0 Å². The van der Waals surface area contributed by atoms with Gasteiger partial charge in [0.05, 0.1) is 20.3 Å². The van der Waals surface area contributed by atoms with E-state index in [-0.39, 0.29) is 135 Å². The fraction of sp³-hybridized carbons (Fsp3) is 0.309. The summed E-state index contributed by atoms with van der Waals surface area (Å²) < 4.78 is 41.4. The minimum Gasteiger partial charge on any atom is -0.870 e. The van der Waals surface area contributed by atoms with Gasteiger partial charge in [-0.25, -0.2) is 33.6 Å². The van der Waals surface area contributed by atoms with Gasteiger partial charge in [0, 0.05) is 56.9 Å². The molecule has 0 aromatic heterocycles. The number of benzene rings is 7. The molecule has 1 aliphatic rings. The summed E-state index contributed by atoms with van der Waals surface area (Å²) in [6.07, 6.45) is 19.2. The summed E-state index contributed by atoms with van der Waals surface area (Å²) in [5.74, 6) is -4.10. The van der Waals surface area contributed by atoms with E-state index in [4.69, 9.17) is 53.2 Å². The zero-order valence-electron chi connectivity index (χ0n) is 65.8. The maximum absolute atomic E-state index is 12.5. The number of esters is 4. The van der Waals surface area contributed by atoms with Crippen molar-refractivity contribution >= 4 is 72.2 Å². The van der Waals surface area contributed by atoms with Gasteiger partial charge in [0.2, 0.25) is 12.2 Å². The second-order valence-electron chi connectivity index (χ2n) is 24.3. The van der Waals surface area contributed by atoms with Crippen molar-refractivity contribution in [3.63, 3.8) is 0 Å². The summed E-state index contributed by atoms with van der Waals surface area (Å²) in [5, 5.41) is 61.5. The SMILES string of the molecule is C.C.C.C.C.C.C=CCOC(=O)/C=C/c1ccc(C)c(C)c1.C=CCOC(=O)C(Cc1ccc(C)c(C)c1)OC(=O)/C=C/c1ccc(OCC=C)c(OC)c1.CC1CCCO1.CO.COc1cc(/C=C/C(=O)OC(Cc2ccc(C)c(O)c2)C(=O)O)ccc1O.Cc1cc(/C=C/C(=O)O)ccc1O.Cc1ccc(/C=C/C(=O)O)cc1C.[Na+].[OH-]. The Bertz CT molecular complexity index is 4280. The summed E-state index contributed by atoms with van der Waals surface area (Å²) in [4.78, 5) is 79.9. The summed E-state index contributed by atoms with van der Waals surface area (Å²) in [7, 11) is 3.93. The third-order valence-corrected chi connectivity index (χ3v) is 15.7. The van der Waals surface area contributed by atoms with Crippen LogP contribution in [0.25, 0.3) is 30.4 Å². The average molecular weight is 1650 g/mol. The van der Waals surface area contributed by atoms with E-state index in [1.807, 2.05) is 89.2 Å². The number of aryl methyl sites for hydroxylation is 8. The predicted molar refractivity (Wildman–Crippen MR) is 469 cm³/mol. The number of phenolic OH excluding ortho intramolecular Hbond substituents is 3. The van der Waals surface area contributed by atoms with Crippen molar-refractivity contribution < 1.29 is 142 Å². The van der Waals surface area contributed by atoms with E-state index < -0.39 is 48.0 Å². The first-order chi connectivity index (χ1) is 52.4. The summed E-state index contributed by atoms with van der Waals surface area (Å²) in [6, 6.07) is 37.1. The Balaban J connectivity index is -0.000000261. The third kappa shape index (κ3) is 48.7. The van der Waals surface area contributed by atoms with E-state index in [0.29, 0.717) is 46.5 Å². The minimum atomic E-state index is -1.39. The summed E-state index contributed by atoms with van der Waals surface area (Å²) >= 11 is 0. The van der Waals surface area contributed by atoms with Crippen molar-refractivity contribution in [1.82, 2.24) is 0 Å². The predicted octanol–water partition coefficient (Wildman–Crippen LogP) is 16.1. The molecule has 7 aromatic carbocycles. The number of rotatable bonds is 27. The number of carboxylic acids is 3. The topological polar surface area (TPSA) is 365 Å². The van der Waals surface area contributed by atoms with Crippen LogP contribution < -0.4 is 43.8 Å². The molecule has 0 amide bonds. The zero-order valence-corrected chi connectivity index (χ0v) is 67.8. The number of hydrogen-bond donors (Lipinski definition) is 7. The van der Waals surface area contributed by atoms with Crippen molar-refractivity contribution in [3.05, 3.63) is 279 Å². The van der Waals surface area contributed by atoms with Crippen LogP contribution in [0.3, 0.4) is 0 Å². The van der Waals surface area contributed by atoms with E-state index in [2.05, 4.69) is 33.6 Å². The maximum Gasteiger partial charge on any atom is 1.00 e. The Morgan fingerprint density at radius 3 is 1.22 bits per heavy atom. The molecule has 1 heterocycles. The molecule has 3 atom stereocenters. The molecule has 0 radical (unpaired) electrons. The molecule has 24 heteroatoms. The molecule has 1 fully saturated rings. The fourth-order valence-electron chi connectivity index (χ4n) is 9.21. The van der Waals surface area contributed by atoms with Gasteiger partial charge in [0.15, 0.2) is 23.0 Å². The Kier molecular flexibility index (Phi) is 67.5. The van der Waals surface area contributed by atoms with E-state index in [9.17, 15) is 54.0 Å². The number of carbonyl (C=O) groups is 7. The van der Waals surface area contributed by atoms with Crippen molar-refractivity contribution in [2.24, 2.45) is 0 Å². The molecule has 23 nitrogen and oxygen atoms in total. The number of aliphatic hydroxyl groups is 1. The number of aliphatic carboxylic acids is 3. The molecular weight excluding hydrogens is 1520 g/mol. The average Bonchev–Trinajstić information content (AvgIpc) is 1.09. The molecule has 8 rings (SSSR count). The Morgan fingerprint density at radius 2 is 0.814 bits per heavy atom. The second-order valence-corrected chi connectivity index (χ2v) is 24.3. The van der Waals surface area contributed by atoms with Crippen LogP contribution in [-0.4, -0.2) is 149 Å². The first kappa shape index (κ1) is 120. The first-order valence-corrected chi connectivity index (χ1v) is 34.6. The summed E-state index contributed by atoms with van der Waals surface area (Å²) in [6.45, 7) is 30.0. The van der Waals surface area contributed by atoms with Crippen molar-refractivity contribution in [2.75, 3.05) is 47.8 Å².